The number of carbonyl (C=O) groups excluding carboxylic acids is 3. The number of aromatic nitrogens is 2. The Balaban J connectivity index is 1.37. The third-order valence-corrected chi connectivity index (χ3v) is 9.76. The molecule has 3 heterocycles. The molecule has 6 rings (SSSR count). The smallest absolute Gasteiger partial charge is 0.408 e. The van der Waals surface area contributed by atoms with E-state index in [1.807, 2.05) is 20.8 Å². The molecule has 1 aromatic carbocycles. The van der Waals surface area contributed by atoms with Gasteiger partial charge in [0.15, 0.2) is 0 Å². The number of fused-ring (bicyclic) bond motifs is 7. The maximum Gasteiger partial charge on any atom is 0.408 e. The monoisotopic (exact) mass is 638 g/mol. The molecule has 2 amide bonds. The molecule has 0 radical (unpaired) electrons. The maximum atomic E-state index is 14.2. The fraction of sp³-hybridized carbons (Fsp3) is 0.606. The van der Waals surface area contributed by atoms with E-state index in [2.05, 4.69) is 22.1 Å². The summed E-state index contributed by atoms with van der Waals surface area (Å²) in [6.45, 7) is 5.92. The second kappa shape index (κ2) is 12.2. The average Bonchev–Trinajstić information content (AvgIpc) is 3.49. The number of halogens is 1. The number of ether oxygens (including phenoxy) is 3. The molecule has 45 heavy (non-hydrogen) atoms. The van der Waals surface area contributed by atoms with E-state index in [1.165, 1.54) is 16.6 Å². The van der Waals surface area contributed by atoms with Crippen molar-refractivity contribution < 1.29 is 28.6 Å². The highest BCUT2D eigenvalue weighted by Gasteiger charge is 2.49. The third kappa shape index (κ3) is 6.09. The lowest BCUT2D eigenvalue weighted by atomic mass is 9.81. The predicted octanol–water partition coefficient (Wildman–Crippen LogP) is 3.92. The third-order valence-electron chi connectivity index (χ3n) is 9.52. The summed E-state index contributed by atoms with van der Waals surface area (Å²) in [6, 6.07) is 3.08. The second-order valence-electron chi connectivity index (χ2n) is 13.6. The molecule has 0 spiro atoms. The summed E-state index contributed by atoms with van der Waals surface area (Å²) in [6.07, 6.45) is 2.38. The number of carbonyl (C=O) groups is 3. The minimum Gasteiger partial charge on any atom is -0.467 e. The van der Waals surface area contributed by atoms with E-state index in [1.54, 1.807) is 18.2 Å². The van der Waals surface area contributed by atoms with Crippen LogP contribution in [0.25, 0.3) is 10.9 Å². The molecule has 4 aliphatic rings. The van der Waals surface area contributed by atoms with Crippen LogP contribution in [0.4, 0.5) is 4.79 Å². The predicted molar refractivity (Wildman–Crippen MR) is 166 cm³/mol. The number of nitrogens with zero attached hydrogens (tertiary/aromatic N) is 3. The van der Waals surface area contributed by atoms with Crippen LogP contribution in [0.15, 0.2) is 23.0 Å². The highest BCUT2D eigenvalue weighted by molar-refractivity contribution is 6.31. The molecule has 1 aromatic heterocycles. The highest BCUT2D eigenvalue weighted by atomic mass is 35.5. The van der Waals surface area contributed by atoms with Gasteiger partial charge in [0.25, 0.3) is 11.6 Å². The molecule has 12 heteroatoms. The topological polar surface area (TPSA) is 129 Å². The van der Waals surface area contributed by atoms with Gasteiger partial charge >= 0.3 is 12.1 Å². The number of esters is 1. The molecule has 2 aliphatic carbocycles. The Bertz CT molecular complexity index is 1640. The first kappa shape index (κ1) is 31.2. The molecule has 2 fully saturated rings. The van der Waals surface area contributed by atoms with Crippen molar-refractivity contribution >= 4 is 40.5 Å². The van der Waals surface area contributed by atoms with Gasteiger partial charge in [-0.25, -0.2) is 9.59 Å². The van der Waals surface area contributed by atoms with Gasteiger partial charge in [-0.1, -0.05) is 57.1 Å². The van der Waals surface area contributed by atoms with E-state index >= 15 is 0 Å². The zero-order chi connectivity index (χ0) is 32.0. The Morgan fingerprint density at radius 2 is 1.91 bits per heavy atom. The lowest BCUT2D eigenvalue weighted by Gasteiger charge is -2.35. The molecule has 2 aromatic rings. The van der Waals surface area contributed by atoms with Crippen LogP contribution >= 0.6 is 11.6 Å². The lowest BCUT2D eigenvalue weighted by Crippen LogP contribution is -2.57. The van der Waals surface area contributed by atoms with Gasteiger partial charge in [0.1, 0.15) is 24.3 Å². The van der Waals surface area contributed by atoms with Gasteiger partial charge in [-0.05, 0) is 42.9 Å². The molecular formula is C33H39ClN4O7. The molecule has 2 bridgehead atoms. The van der Waals surface area contributed by atoms with Crippen molar-refractivity contribution in [2.75, 3.05) is 13.7 Å². The number of benzene rings is 1. The quantitative estimate of drug-likeness (QED) is 0.368. The molecule has 1 saturated heterocycles. The summed E-state index contributed by atoms with van der Waals surface area (Å²) in [4.78, 5) is 60.2. The zero-order valence-electron chi connectivity index (χ0n) is 26.0. The van der Waals surface area contributed by atoms with E-state index in [9.17, 15) is 19.2 Å². The minimum absolute atomic E-state index is 0.0246. The maximum absolute atomic E-state index is 14.2. The summed E-state index contributed by atoms with van der Waals surface area (Å²) < 4.78 is 18.9. The molecule has 7 atom stereocenters. The van der Waals surface area contributed by atoms with Crippen LogP contribution in [-0.4, -0.2) is 70.4 Å². The Morgan fingerprint density at radius 1 is 1.11 bits per heavy atom. The first-order chi connectivity index (χ1) is 21.4. The molecule has 1 saturated carbocycles. The summed E-state index contributed by atoms with van der Waals surface area (Å²) in [5, 5.41) is 3.69. The van der Waals surface area contributed by atoms with E-state index < -0.39 is 41.6 Å². The van der Waals surface area contributed by atoms with Gasteiger partial charge in [-0.3, -0.25) is 14.2 Å². The normalized spacial score (nSPS) is 30.2. The molecular weight excluding hydrogens is 600 g/mol. The van der Waals surface area contributed by atoms with Gasteiger partial charge in [0, 0.05) is 35.7 Å². The van der Waals surface area contributed by atoms with Gasteiger partial charge in [-0.2, -0.15) is 4.98 Å². The van der Waals surface area contributed by atoms with Gasteiger partial charge in [0.2, 0.25) is 5.91 Å². The Kier molecular flexibility index (Phi) is 8.46. The average molecular weight is 639 g/mol. The first-order valence-electron chi connectivity index (χ1n) is 15.7. The summed E-state index contributed by atoms with van der Waals surface area (Å²) >= 11 is 6.23. The van der Waals surface area contributed by atoms with Crippen molar-refractivity contribution in [3.05, 3.63) is 33.6 Å². The summed E-state index contributed by atoms with van der Waals surface area (Å²) in [7, 11) is 1.26. The van der Waals surface area contributed by atoms with Crippen molar-refractivity contribution in [1.82, 2.24) is 19.8 Å². The zero-order valence-corrected chi connectivity index (χ0v) is 26.8. The number of hydrogen-bond acceptors (Lipinski definition) is 8. The molecule has 240 valence electrons. The van der Waals surface area contributed by atoms with Crippen LogP contribution in [0.2, 0.25) is 5.02 Å². The van der Waals surface area contributed by atoms with Crippen LogP contribution in [0.3, 0.4) is 0 Å². The standard InChI is InChI=1S/C33H39ClN4O7/c1-33(2,3)27-29(40)38-17-20(16-25(38)30(41)43-4)44-31-35-24-15-19(34)10-12-23(24)28(39)37(31)13-7-5-6-8-22-21-11-9-18(21)14-26(22)45-32(42)36-27/h10,12,15,18,20-22,25-27H,5-8,13-14,16-17H2,1-4H3,(H,36,42)/t18-,20+,21-,22+,25-,26+,27+/m0/s1. The van der Waals surface area contributed by atoms with Crippen LogP contribution in [0, 0.1) is 35.0 Å². The van der Waals surface area contributed by atoms with Crippen molar-refractivity contribution in [3.63, 3.8) is 0 Å². The van der Waals surface area contributed by atoms with Gasteiger partial charge in [0.05, 0.1) is 24.6 Å². The molecule has 11 nitrogen and oxygen atoms in total. The van der Waals surface area contributed by atoms with E-state index in [0.717, 1.165) is 19.3 Å². The Labute approximate surface area is 266 Å². The lowest BCUT2D eigenvalue weighted by molar-refractivity contribution is -0.152. The Hall–Kier alpha value is -3.78. The van der Waals surface area contributed by atoms with E-state index in [-0.39, 0.29) is 48.4 Å². The summed E-state index contributed by atoms with van der Waals surface area (Å²) in [5.41, 5.74) is -0.563. The van der Waals surface area contributed by atoms with Crippen LogP contribution in [0.1, 0.15) is 59.3 Å². The number of rotatable bonds is 1. The fourth-order valence-electron chi connectivity index (χ4n) is 7.09. The number of hydrogen-bond donors (Lipinski definition) is 1. The van der Waals surface area contributed by atoms with Gasteiger partial charge < -0.3 is 24.4 Å². The SMILES string of the molecule is COC(=O)[C@@H]1C[C@@H]2CN1C(=O)[C@H](C(C)(C)C)NC(=O)O[C@@H]1C[C@@H]3C#C[C@@H]3[C@H]1CCCCCn1c(nc3cc(Cl)ccc3c1=O)O2. The second-order valence-corrected chi connectivity index (χ2v) is 14.0. The van der Waals surface area contributed by atoms with E-state index in [4.69, 9.17) is 25.8 Å². The molecule has 2 aliphatic heterocycles. The number of methoxy groups -OCH3 is 1. The minimum atomic E-state index is -0.998. The van der Waals surface area contributed by atoms with Crippen molar-refractivity contribution in [1.29, 1.82) is 0 Å². The van der Waals surface area contributed by atoms with Crippen molar-refractivity contribution in [2.45, 2.75) is 90.1 Å². The number of nitrogens with one attached hydrogen (secondary N) is 1. The fourth-order valence-corrected chi connectivity index (χ4v) is 7.26. The van der Waals surface area contributed by atoms with E-state index in [0.29, 0.717) is 35.3 Å². The molecule has 1 N–H and O–H groups in total. The Morgan fingerprint density at radius 3 is 2.62 bits per heavy atom. The summed E-state index contributed by atoms with van der Waals surface area (Å²) in [5.74, 6) is 5.91. The van der Waals surface area contributed by atoms with Gasteiger partial charge in [-0.15, -0.1) is 0 Å². The highest BCUT2D eigenvalue weighted by Crippen LogP contribution is 2.45. The van der Waals surface area contributed by atoms with Crippen LogP contribution in [0.5, 0.6) is 6.01 Å². The van der Waals surface area contributed by atoms with Crippen LogP contribution in [-0.2, 0) is 25.6 Å². The largest absolute Gasteiger partial charge is 0.467 e. The van der Waals surface area contributed by atoms with Crippen LogP contribution < -0.4 is 15.6 Å². The molecule has 0 unspecified atom stereocenters. The van der Waals surface area contributed by atoms with Crippen molar-refractivity contribution in [3.8, 4) is 17.9 Å². The number of alkyl carbamates (subject to hydrolysis) is 1. The number of amides is 2. The van der Waals surface area contributed by atoms with Crippen molar-refractivity contribution in [2.24, 2.45) is 23.2 Å². The first-order valence-corrected chi connectivity index (χ1v) is 16.1.